The lowest BCUT2D eigenvalue weighted by atomic mass is 9.89. The van der Waals surface area contributed by atoms with Crippen LogP contribution in [0.15, 0.2) is 24.3 Å². The molecule has 1 heterocycles. The summed E-state index contributed by atoms with van der Waals surface area (Å²) in [5.41, 5.74) is 0.0280. The zero-order valence-electron chi connectivity index (χ0n) is 10.6. The zero-order valence-corrected chi connectivity index (χ0v) is 10.6. The summed E-state index contributed by atoms with van der Waals surface area (Å²) in [4.78, 5) is 13.7. The van der Waals surface area contributed by atoms with Crippen molar-refractivity contribution in [3.63, 3.8) is 0 Å². The van der Waals surface area contributed by atoms with E-state index in [2.05, 4.69) is 5.32 Å². The number of β-amino-alcohol motifs (C(OH)–C–C–N with tert-alkyl or cyclic N) is 1. The summed E-state index contributed by atoms with van der Waals surface area (Å²) in [7, 11) is 0. The van der Waals surface area contributed by atoms with E-state index in [-0.39, 0.29) is 18.3 Å². The van der Waals surface area contributed by atoms with Gasteiger partial charge in [0, 0.05) is 18.8 Å². The Bertz CT molecular complexity index is 479. The first-order valence-corrected chi connectivity index (χ1v) is 6.55. The van der Waals surface area contributed by atoms with Gasteiger partial charge in [-0.05, 0) is 43.0 Å². The second-order valence-corrected chi connectivity index (χ2v) is 5.58. The van der Waals surface area contributed by atoms with E-state index in [1.807, 2.05) is 4.90 Å². The number of carbonyl (C=O) groups excluding carboxylic acids is 1. The van der Waals surface area contributed by atoms with Crippen LogP contribution in [0, 0.1) is 11.7 Å². The van der Waals surface area contributed by atoms with Crippen molar-refractivity contribution in [2.45, 2.75) is 18.4 Å². The topological polar surface area (TPSA) is 52.6 Å². The average molecular weight is 264 g/mol. The van der Waals surface area contributed by atoms with Crippen molar-refractivity contribution >= 4 is 11.6 Å². The maximum Gasteiger partial charge on any atom is 0.238 e. The van der Waals surface area contributed by atoms with Crippen molar-refractivity contribution in [2.75, 3.05) is 25.0 Å². The number of anilines is 1. The van der Waals surface area contributed by atoms with E-state index in [9.17, 15) is 14.3 Å². The van der Waals surface area contributed by atoms with Gasteiger partial charge in [0.05, 0.1) is 12.1 Å². The molecule has 3 rings (SSSR count). The first-order valence-electron chi connectivity index (χ1n) is 6.55. The quantitative estimate of drug-likeness (QED) is 0.859. The highest BCUT2D eigenvalue weighted by Gasteiger charge is 2.51. The van der Waals surface area contributed by atoms with Crippen molar-refractivity contribution in [3.8, 4) is 0 Å². The predicted octanol–water partition coefficient (Wildman–Crippen LogP) is 1.22. The molecule has 1 aliphatic carbocycles. The normalized spacial score (nSPS) is 21.8. The zero-order chi connectivity index (χ0) is 13.5. The van der Waals surface area contributed by atoms with E-state index in [1.54, 1.807) is 0 Å². The van der Waals surface area contributed by atoms with Gasteiger partial charge in [-0.3, -0.25) is 9.69 Å². The Kier molecular flexibility index (Phi) is 3.03. The number of nitrogens with one attached hydrogen (secondary N) is 1. The van der Waals surface area contributed by atoms with Crippen LogP contribution in [0.25, 0.3) is 0 Å². The number of amides is 1. The molecule has 2 fully saturated rings. The fourth-order valence-electron chi connectivity index (χ4n) is 2.66. The summed E-state index contributed by atoms with van der Waals surface area (Å²) >= 11 is 0. The van der Waals surface area contributed by atoms with E-state index in [4.69, 9.17) is 0 Å². The number of carbonyl (C=O) groups is 1. The van der Waals surface area contributed by atoms with Gasteiger partial charge >= 0.3 is 0 Å². The van der Waals surface area contributed by atoms with Crippen LogP contribution in [-0.2, 0) is 4.79 Å². The minimum absolute atomic E-state index is 0.135. The van der Waals surface area contributed by atoms with Gasteiger partial charge in [0.1, 0.15) is 5.82 Å². The van der Waals surface area contributed by atoms with Crippen LogP contribution < -0.4 is 5.32 Å². The number of benzene rings is 1. The Morgan fingerprint density at radius 3 is 2.58 bits per heavy atom. The average Bonchev–Trinajstić information content (AvgIpc) is 3.14. The van der Waals surface area contributed by atoms with Gasteiger partial charge < -0.3 is 10.4 Å². The number of hydrogen-bond acceptors (Lipinski definition) is 3. The minimum atomic E-state index is -0.559. The van der Waals surface area contributed by atoms with E-state index in [0.717, 1.165) is 12.8 Å². The first-order chi connectivity index (χ1) is 9.05. The largest absolute Gasteiger partial charge is 0.387 e. The predicted molar refractivity (Wildman–Crippen MR) is 69.1 cm³/mol. The van der Waals surface area contributed by atoms with Gasteiger partial charge in [-0.2, -0.15) is 0 Å². The lowest BCUT2D eigenvalue weighted by molar-refractivity contribution is -0.132. The summed E-state index contributed by atoms with van der Waals surface area (Å²) in [5, 5.41) is 12.8. The molecule has 19 heavy (non-hydrogen) atoms. The van der Waals surface area contributed by atoms with E-state index < -0.39 is 5.60 Å². The fraction of sp³-hybridized carbons (Fsp3) is 0.500. The Balaban J connectivity index is 1.46. The maximum absolute atomic E-state index is 12.7. The Hall–Kier alpha value is -1.46. The highest BCUT2D eigenvalue weighted by molar-refractivity contribution is 5.92. The van der Waals surface area contributed by atoms with Crippen molar-refractivity contribution < 1.29 is 14.3 Å². The lowest BCUT2D eigenvalue weighted by Gasteiger charge is -2.46. The third kappa shape index (κ3) is 2.77. The third-order valence-electron chi connectivity index (χ3n) is 3.83. The van der Waals surface area contributed by atoms with Crippen molar-refractivity contribution in [1.29, 1.82) is 0 Å². The molecule has 2 N–H and O–H groups in total. The first kappa shape index (κ1) is 12.6. The third-order valence-corrected chi connectivity index (χ3v) is 3.83. The van der Waals surface area contributed by atoms with Crippen LogP contribution in [0.2, 0.25) is 0 Å². The Morgan fingerprint density at radius 1 is 1.37 bits per heavy atom. The number of likely N-dealkylation sites (tertiary alicyclic amines) is 1. The van der Waals surface area contributed by atoms with Gasteiger partial charge in [0.15, 0.2) is 0 Å². The van der Waals surface area contributed by atoms with Gasteiger partial charge in [0.25, 0.3) is 0 Å². The second-order valence-electron chi connectivity index (χ2n) is 5.58. The van der Waals surface area contributed by atoms with Crippen LogP contribution in [-0.4, -0.2) is 41.1 Å². The molecule has 2 aliphatic rings. The molecule has 0 bridgehead atoms. The van der Waals surface area contributed by atoms with E-state index in [1.165, 1.54) is 24.3 Å². The minimum Gasteiger partial charge on any atom is -0.387 e. The molecule has 0 radical (unpaired) electrons. The van der Waals surface area contributed by atoms with E-state index in [0.29, 0.717) is 24.7 Å². The molecule has 102 valence electrons. The SMILES string of the molecule is O=C(CN1CC(O)(C2CC2)C1)Nc1ccc(F)cc1. The van der Waals surface area contributed by atoms with Gasteiger partial charge in [0.2, 0.25) is 5.91 Å². The molecule has 0 aromatic heterocycles. The molecule has 1 saturated carbocycles. The smallest absolute Gasteiger partial charge is 0.238 e. The highest BCUT2D eigenvalue weighted by Crippen LogP contribution is 2.44. The molecule has 4 nitrogen and oxygen atoms in total. The Labute approximate surface area is 111 Å². The van der Waals surface area contributed by atoms with Gasteiger partial charge in [-0.1, -0.05) is 0 Å². The maximum atomic E-state index is 12.7. The summed E-state index contributed by atoms with van der Waals surface area (Å²) in [5.74, 6) is -0.0244. The number of halogens is 1. The van der Waals surface area contributed by atoms with Crippen molar-refractivity contribution in [2.24, 2.45) is 5.92 Å². The number of rotatable bonds is 4. The van der Waals surface area contributed by atoms with Crippen molar-refractivity contribution in [1.82, 2.24) is 4.90 Å². The van der Waals surface area contributed by atoms with E-state index >= 15 is 0 Å². The standard InChI is InChI=1S/C14H17FN2O2/c15-11-3-5-12(6-4-11)16-13(18)7-17-8-14(19,9-17)10-1-2-10/h3-6,10,19H,1-2,7-9H2,(H,16,18). The van der Waals surface area contributed by atoms with Gasteiger partial charge in [-0.15, -0.1) is 0 Å². The van der Waals surface area contributed by atoms with Crippen LogP contribution in [0.1, 0.15) is 12.8 Å². The molecule has 1 amide bonds. The molecule has 1 aromatic rings. The molecule has 0 atom stereocenters. The number of hydrogen-bond donors (Lipinski definition) is 2. The molecule has 1 saturated heterocycles. The summed E-state index contributed by atoms with van der Waals surface area (Å²) in [6, 6.07) is 5.68. The molecular weight excluding hydrogens is 247 g/mol. The van der Waals surface area contributed by atoms with Crippen LogP contribution >= 0.6 is 0 Å². The Morgan fingerprint density at radius 2 is 2.00 bits per heavy atom. The van der Waals surface area contributed by atoms with Crippen molar-refractivity contribution in [3.05, 3.63) is 30.1 Å². The van der Waals surface area contributed by atoms with Crippen LogP contribution in [0.4, 0.5) is 10.1 Å². The monoisotopic (exact) mass is 264 g/mol. The molecule has 1 aromatic carbocycles. The number of aliphatic hydroxyl groups is 1. The molecular formula is C14H17FN2O2. The fourth-order valence-corrected chi connectivity index (χ4v) is 2.66. The lowest BCUT2D eigenvalue weighted by Crippen LogP contribution is -2.64. The van der Waals surface area contributed by atoms with Crippen LogP contribution in [0.3, 0.4) is 0 Å². The molecule has 1 aliphatic heterocycles. The summed E-state index contributed by atoms with van der Waals surface area (Å²) < 4.78 is 12.7. The summed E-state index contributed by atoms with van der Waals surface area (Å²) in [6.07, 6.45) is 2.21. The van der Waals surface area contributed by atoms with Crippen LogP contribution in [0.5, 0.6) is 0 Å². The molecule has 0 unspecified atom stereocenters. The second kappa shape index (κ2) is 4.58. The molecule has 0 spiro atoms. The molecule has 5 heteroatoms. The highest BCUT2D eigenvalue weighted by atomic mass is 19.1. The summed E-state index contributed by atoms with van der Waals surface area (Å²) in [6.45, 7) is 1.43. The van der Waals surface area contributed by atoms with Gasteiger partial charge in [-0.25, -0.2) is 4.39 Å². The number of nitrogens with zero attached hydrogens (tertiary/aromatic N) is 1.